The fourth-order valence-electron chi connectivity index (χ4n) is 6.65. The molecule has 3 aromatic heterocycles. The Hall–Kier alpha value is -4.87. The number of furan rings is 1. The molecule has 0 aliphatic heterocycles. The molecular formula is C46H43IrN3OSi-2. The average molecular weight is 874 g/mol. The molecule has 263 valence electrons. The van der Waals surface area contributed by atoms with E-state index >= 15 is 0 Å². The van der Waals surface area contributed by atoms with E-state index in [-0.39, 0.29) is 20.1 Å². The first kappa shape index (κ1) is 36.9. The van der Waals surface area contributed by atoms with Gasteiger partial charge in [0.15, 0.2) is 0 Å². The fraction of sp³-hybridized carbons (Fsp3) is 0.174. The minimum atomic E-state index is -1.23. The van der Waals surface area contributed by atoms with Gasteiger partial charge in [-0.15, -0.1) is 42.0 Å². The summed E-state index contributed by atoms with van der Waals surface area (Å²) in [6, 6.07) is 45.3. The fourth-order valence-corrected chi connectivity index (χ4v) is 7.69. The molecule has 52 heavy (non-hydrogen) atoms. The Balaban J connectivity index is 0.000000230. The Bertz CT molecular complexity index is 2420. The van der Waals surface area contributed by atoms with Crippen LogP contribution < -0.4 is 5.19 Å². The molecule has 8 rings (SSSR count). The second kappa shape index (κ2) is 15.4. The predicted octanol–water partition coefficient (Wildman–Crippen LogP) is 11.7. The molecule has 0 unspecified atom stereocenters. The van der Waals surface area contributed by atoms with Gasteiger partial charge in [-0.25, -0.2) is 0 Å². The summed E-state index contributed by atoms with van der Waals surface area (Å²) in [6.07, 6.45) is 5.19. The number of hydrogen-bond donors (Lipinski definition) is 0. The van der Waals surface area contributed by atoms with Gasteiger partial charge in [0.1, 0.15) is 0 Å². The summed E-state index contributed by atoms with van der Waals surface area (Å²) in [7, 11) is -1.23. The molecule has 4 nitrogen and oxygen atoms in total. The van der Waals surface area contributed by atoms with Crippen molar-refractivity contribution in [1.29, 1.82) is 0 Å². The van der Waals surface area contributed by atoms with Crippen molar-refractivity contribution in [2.75, 3.05) is 0 Å². The van der Waals surface area contributed by atoms with Crippen LogP contribution in [0.15, 0.2) is 132 Å². The van der Waals surface area contributed by atoms with Gasteiger partial charge in [0.2, 0.25) is 0 Å². The molecule has 0 aliphatic carbocycles. The third kappa shape index (κ3) is 7.52. The summed E-state index contributed by atoms with van der Waals surface area (Å²) in [5.74, 6) is 1.28. The van der Waals surface area contributed by atoms with Crippen LogP contribution in [0.25, 0.3) is 61.5 Å². The van der Waals surface area contributed by atoms with Gasteiger partial charge < -0.3 is 14.0 Å². The quantitative estimate of drug-likeness (QED) is 0.123. The zero-order valence-corrected chi connectivity index (χ0v) is 34.2. The SMILES string of the molecule is C[Si](C)(C)c1ccc(-c2[c-]cccc2)nc1.Cc1cc(-n2c(-c3[c-]oc4cc(C(C)C)ccc34)nc3ccccc32)cc(C)c1-c1ccccc1.[Ir]. The van der Waals surface area contributed by atoms with Crippen LogP contribution in [0.1, 0.15) is 36.5 Å². The molecule has 0 saturated heterocycles. The van der Waals surface area contributed by atoms with E-state index in [1.807, 2.05) is 36.5 Å². The first-order chi connectivity index (χ1) is 24.6. The van der Waals surface area contributed by atoms with Crippen molar-refractivity contribution in [3.8, 4) is 39.5 Å². The van der Waals surface area contributed by atoms with Crippen molar-refractivity contribution >= 4 is 35.3 Å². The van der Waals surface area contributed by atoms with Crippen LogP contribution in [0, 0.1) is 26.2 Å². The maximum atomic E-state index is 5.93. The molecule has 5 aromatic carbocycles. The Morgan fingerprint density at radius 3 is 2.13 bits per heavy atom. The van der Waals surface area contributed by atoms with Gasteiger partial charge in [-0.1, -0.05) is 117 Å². The first-order valence-electron chi connectivity index (χ1n) is 17.6. The number of pyridine rings is 1. The van der Waals surface area contributed by atoms with Crippen LogP contribution in [-0.4, -0.2) is 22.6 Å². The number of nitrogens with zero attached hydrogens (tertiary/aromatic N) is 3. The van der Waals surface area contributed by atoms with Gasteiger partial charge in [0.25, 0.3) is 0 Å². The number of benzene rings is 5. The van der Waals surface area contributed by atoms with Crippen LogP contribution in [0.5, 0.6) is 0 Å². The Kier molecular flexibility index (Phi) is 10.9. The minimum absolute atomic E-state index is 0. The normalized spacial score (nSPS) is 11.4. The molecule has 0 amide bonds. The number of hydrogen-bond acceptors (Lipinski definition) is 3. The molecule has 6 heteroatoms. The van der Waals surface area contributed by atoms with Crippen molar-refractivity contribution in [1.82, 2.24) is 14.5 Å². The van der Waals surface area contributed by atoms with E-state index in [1.165, 1.54) is 33.0 Å². The Morgan fingerprint density at radius 1 is 0.769 bits per heavy atom. The smallest absolute Gasteiger partial charge is 0.0795 e. The largest absolute Gasteiger partial charge is 0.557 e. The van der Waals surface area contributed by atoms with E-state index in [1.54, 1.807) is 0 Å². The summed E-state index contributed by atoms with van der Waals surface area (Å²) >= 11 is 0. The first-order valence-corrected chi connectivity index (χ1v) is 21.1. The van der Waals surface area contributed by atoms with E-state index in [9.17, 15) is 0 Å². The average Bonchev–Trinajstić information content (AvgIpc) is 3.73. The van der Waals surface area contributed by atoms with Crippen LogP contribution >= 0.6 is 0 Å². The Morgan fingerprint density at radius 2 is 1.48 bits per heavy atom. The van der Waals surface area contributed by atoms with Crippen LogP contribution in [0.3, 0.4) is 0 Å². The van der Waals surface area contributed by atoms with Crippen molar-refractivity contribution < 1.29 is 24.5 Å². The Labute approximate surface area is 322 Å². The van der Waals surface area contributed by atoms with Gasteiger partial charge in [0.05, 0.1) is 24.9 Å². The third-order valence-electron chi connectivity index (χ3n) is 9.44. The monoisotopic (exact) mass is 874 g/mol. The third-order valence-corrected chi connectivity index (χ3v) is 11.5. The number of rotatable bonds is 6. The van der Waals surface area contributed by atoms with Crippen molar-refractivity contribution in [2.45, 2.75) is 53.3 Å². The zero-order chi connectivity index (χ0) is 35.7. The molecule has 0 aliphatic rings. The summed E-state index contributed by atoms with van der Waals surface area (Å²) in [5, 5.41) is 2.42. The van der Waals surface area contributed by atoms with E-state index in [4.69, 9.17) is 9.40 Å². The molecule has 0 atom stereocenters. The van der Waals surface area contributed by atoms with Gasteiger partial charge >= 0.3 is 0 Å². The molecule has 1 radical (unpaired) electrons. The summed E-state index contributed by atoms with van der Waals surface area (Å²) in [5.41, 5.74) is 13.1. The maximum absolute atomic E-state index is 5.93. The molecule has 0 bridgehead atoms. The standard InChI is InChI=1S/C32H27N2O.C14H16NSi.Ir/c1-20(2)24-14-15-26-27(19-35-30(26)18-24)32-33-28-12-8-9-13-29(28)34(32)25-16-21(3)31(22(4)17-25)23-10-6-5-7-11-23;1-16(2,3)13-9-10-14(15-11-13)12-7-5-4-6-8-12;/h5-18,20H,1-4H3;4-7,9-11H,1-3H3;/q2*-1;. The van der Waals surface area contributed by atoms with Gasteiger partial charge in [0, 0.05) is 43.8 Å². The molecular weight excluding hydrogens is 831 g/mol. The van der Waals surface area contributed by atoms with Crippen molar-refractivity contribution in [2.24, 2.45) is 0 Å². The molecule has 0 saturated carbocycles. The van der Waals surface area contributed by atoms with Crippen molar-refractivity contribution in [3.63, 3.8) is 0 Å². The number of aromatic nitrogens is 3. The van der Waals surface area contributed by atoms with E-state index in [0.717, 1.165) is 50.3 Å². The summed E-state index contributed by atoms with van der Waals surface area (Å²) in [4.78, 5) is 9.57. The van der Waals surface area contributed by atoms with Gasteiger partial charge in [-0.3, -0.25) is 4.98 Å². The molecule has 0 N–H and O–H groups in total. The van der Waals surface area contributed by atoms with Crippen molar-refractivity contribution in [3.05, 3.63) is 157 Å². The minimum Gasteiger partial charge on any atom is -0.557 e. The second-order valence-corrected chi connectivity index (χ2v) is 19.6. The van der Waals surface area contributed by atoms with E-state index in [2.05, 4.69) is 160 Å². The topological polar surface area (TPSA) is 43.9 Å². The van der Waals surface area contributed by atoms with Crippen LogP contribution in [0.4, 0.5) is 0 Å². The molecule has 0 fully saturated rings. The zero-order valence-electron chi connectivity index (χ0n) is 30.8. The summed E-state index contributed by atoms with van der Waals surface area (Å²) in [6.45, 7) is 15.7. The van der Waals surface area contributed by atoms with E-state index in [0.29, 0.717) is 5.92 Å². The number of aryl methyl sites for hydroxylation is 2. The maximum Gasteiger partial charge on any atom is 0.0795 e. The van der Waals surface area contributed by atoms with Crippen LogP contribution in [-0.2, 0) is 20.1 Å². The number of para-hydroxylation sites is 2. The second-order valence-electron chi connectivity index (χ2n) is 14.5. The number of imidazole rings is 1. The number of fused-ring (bicyclic) bond motifs is 2. The van der Waals surface area contributed by atoms with Gasteiger partial charge in [-0.2, -0.15) is 0 Å². The molecule has 0 spiro atoms. The predicted molar refractivity (Wildman–Crippen MR) is 216 cm³/mol. The molecule has 8 aromatic rings. The van der Waals surface area contributed by atoms with Gasteiger partial charge in [-0.05, 0) is 77.2 Å². The summed E-state index contributed by atoms with van der Waals surface area (Å²) < 4.78 is 8.16. The van der Waals surface area contributed by atoms with E-state index < -0.39 is 8.07 Å². The molecule has 3 heterocycles. The van der Waals surface area contributed by atoms with Crippen LogP contribution in [0.2, 0.25) is 19.6 Å².